The van der Waals surface area contributed by atoms with Crippen molar-refractivity contribution in [3.8, 4) is 5.75 Å². The van der Waals surface area contributed by atoms with E-state index in [-0.39, 0.29) is 0 Å². The minimum absolute atomic E-state index is 0.464. The Morgan fingerprint density at radius 3 is 2.64 bits per heavy atom. The Hall–Kier alpha value is -2.86. The lowest BCUT2D eigenvalue weighted by Crippen LogP contribution is -2.20. The van der Waals surface area contributed by atoms with Crippen LogP contribution in [-0.4, -0.2) is 22.0 Å². The van der Waals surface area contributed by atoms with Crippen LogP contribution in [0.15, 0.2) is 60.8 Å². The van der Waals surface area contributed by atoms with Crippen molar-refractivity contribution in [2.45, 2.75) is 13.5 Å². The normalized spacial score (nSPS) is 10.3. The number of hydrogen-bond acceptors (Lipinski definition) is 3. The Morgan fingerprint density at radius 2 is 1.84 bits per heavy atom. The number of nitrogens with zero attached hydrogens (tertiary/aromatic N) is 2. The zero-order valence-corrected chi connectivity index (χ0v) is 15.0. The molecule has 0 amide bonds. The highest BCUT2D eigenvalue weighted by Crippen LogP contribution is 2.23. The lowest BCUT2D eigenvalue weighted by Gasteiger charge is -2.12. The van der Waals surface area contributed by atoms with Crippen LogP contribution in [0.1, 0.15) is 11.1 Å². The van der Waals surface area contributed by atoms with Crippen LogP contribution >= 0.6 is 12.2 Å². The molecular formula is C19H20N4OS. The zero-order valence-electron chi connectivity index (χ0n) is 14.2. The molecule has 0 saturated carbocycles. The van der Waals surface area contributed by atoms with Crippen molar-refractivity contribution >= 4 is 28.8 Å². The Bertz CT molecular complexity index is 875. The van der Waals surface area contributed by atoms with E-state index >= 15 is 0 Å². The van der Waals surface area contributed by atoms with E-state index < -0.39 is 0 Å². The number of ether oxygens (including phenoxy) is 1. The van der Waals surface area contributed by atoms with Crippen LogP contribution in [0.3, 0.4) is 0 Å². The molecule has 0 aliphatic carbocycles. The first-order chi connectivity index (χ1) is 12.2. The Balaban J connectivity index is 1.63. The van der Waals surface area contributed by atoms with Gasteiger partial charge >= 0.3 is 0 Å². The van der Waals surface area contributed by atoms with Gasteiger partial charge in [-0.25, -0.2) is 0 Å². The highest BCUT2D eigenvalue weighted by Gasteiger charge is 2.06. The van der Waals surface area contributed by atoms with E-state index in [1.165, 1.54) is 11.1 Å². The van der Waals surface area contributed by atoms with Gasteiger partial charge in [0.25, 0.3) is 0 Å². The first kappa shape index (κ1) is 17.0. The maximum atomic E-state index is 5.36. The first-order valence-electron chi connectivity index (χ1n) is 7.94. The number of methoxy groups -OCH3 is 1. The van der Waals surface area contributed by atoms with E-state index in [0.29, 0.717) is 10.9 Å². The van der Waals surface area contributed by atoms with Gasteiger partial charge in [0.2, 0.25) is 0 Å². The molecule has 0 spiro atoms. The maximum absolute atomic E-state index is 5.36. The summed E-state index contributed by atoms with van der Waals surface area (Å²) in [5.41, 5.74) is 3.30. The highest BCUT2D eigenvalue weighted by molar-refractivity contribution is 7.80. The molecule has 0 saturated heterocycles. The second-order valence-electron chi connectivity index (χ2n) is 5.60. The molecule has 1 heterocycles. The molecule has 6 heteroatoms. The summed E-state index contributed by atoms with van der Waals surface area (Å²) in [7, 11) is 1.63. The summed E-state index contributed by atoms with van der Waals surface area (Å²) >= 11 is 5.36. The first-order valence-corrected chi connectivity index (χ1v) is 8.35. The Labute approximate surface area is 152 Å². The van der Waals surface area contributed by atoms with Gasteiger partial charge in [0.15, 0.2) is 10.9 Å². The number of hydrogen-bond donors (Lipinski definition) is 2. The van der Waals surface area contributed by atoms with Gasteiger partial charge in [0.1, 0.15) is 5.75 Å². The molecule has 0 aliphatic heterocycles. The van der Waals surface area contributed by atoms with E-state index in [4.69, 9.17) is 17.0 Å². The molecule has 2 N–H and O–H groups in total. The van der Waals surface area contributed by atoms with E-state index in [9.17, 15) is 0 Å². The number of benzene rings is 2. The summed E-state index contributed by atoms with van der Waals surface area (Å²) in [5, 5.41) is 11.2. The lowest BCUT2D eigenvalue weighted by atomic mass is 10.1. The highest BCUT2D eigenvalue weighted by atomic mass is 32.1. The zero-order chi connectivity index (χ0) is 17.6. The van der Waals surface area contributed by atoms with E-state index in [2.05, 4.69) is 34.8 Å². The molecule has 3 aromatic rings. The summed E-state index contributed by atoms with van der Waals surface area (Å²) in [6.45, 7) is 2.82. The predicted molar refractivity (Wildman–Crippen MR) is 105 cm³/mol. The van der Waals surface area contributed by atoms with Crippen LogP contribution in [0.25, 0.3) is 0 Å². The van der Waals surface area contributed by atoms with Crippen LogP contribution in [-0.2, 0) is 6.54 Å². The molecule has 0 fully saturated rings. The van der Waals surface area contributed by atoms with Crippen LogP contribution in [0.5, 0.6) is 5.75 Å². The van der Waals surface area contributed by atoms with Crippen molar-refractivity contribution in [1.82, 2.24) is 9.78 Å². The van der Waals surface area contributed by atoms with Crippen LogP contribution in [0, 0.1) is 6.92 Å². The molecule has 2 aromatic carbocycles. The summed E-state index contributed by atoms with van der Waals surface area (Å²) < 4.78 is 7.19. The second-order valence-corrected chi connectivity index (χ2v) is 6.01. The fourth-order valence-corrected chi connectivity index (χ4v) is 2.71. The fourth-order valence-electron chi connectivity index (χ4n) is 2.50. The Morgan fingerprint density at radius 1 is 1.08 bits per heavy atom. The number of thiocarbonyl (C=S) groups is 1. The number of anilines is 2. The van der Waals surface area contributed by atoms with Crippen LogP contribution in [0.4, 0.5) is 11.5 Å². The molecule has 128 valence electrons. The van der Waals surface area contributed by atoms with Crippen molar-refractivity contribution in [3.63, 3.8) is 0 Å². The van der Waals surface area contributed by atoms with Crippen molar-refractivity contribution < 1.29 is 4.74 Å². The van der Waals surface area contributed by atoms with E-state index in [1.807, 2.05) is 53.3 Å². The molecule has 1 aromatic heterocycles. The molecule has 3 rings (SSSR count). The van der Waals surface area contributed by atoms with Gasteiger partial charge in [-0.05, 0) is 42.4 Å². The third-order valence-electron chi connectivity index (χ3n) is 3.83. The monoisotopic (exact) mass is 352 g/mol. The third-order valence-corrected chi connectivity index (χ3v) is 4.04. The van der Waals surface area contributed by atoms with Gasteiger partial charge < -0.3 is 15.4 Å². The molecule has 0 atom stereocenters. The number of rotatable bonds is 5. The van der Waals surface area contributed by atoms with Crippen molar-refractivity contribution in [3.05, 3.63) is 71.9 Å². The average molecular weight is 352 g/mol. The smallest absolute Gasteiger partial charge is 0.176 e. The molecule has 0 radical (unpaired) electrons. The van der Waals surface area contributed by atoms with Gasteiger partial charge in [-0.2, -0.15) is 5.10 Å². The van der Waals surface area contributed by atoms with Crippen molar-refractivity contribution in [2.75, 3.05) is 17.7 Å². The summed E-state index contributed by atoms with van der Waals surface area (Å²) in [4.78, 5) is 0. The average Bonchev–Trinajstić information content (AvgIpc) is 3.04. The SMILES string of the molecule is COc1ccccc1NC(=S)Nc1ccn(Cc2ccccc2C)n1. The predicted octanol–water partition coefficient (Wildman–Crippen LogP) is 4.06. The largest absolute Gasteiger partial charge is 0.495 e. The van der Waals surface area contributed by atoms with Gasteiger partial charge in [-0.15, -0.1) is 0 Å². The lowest BCUT2D eigenvalue weighted by molar-refractivity contribution is 0.417. The van der Waals surface area contributed by atoms with E-state index in [0.717, 1.165) is 18.0 Å². The van der Waals surface area contributed by atoms with Crippen LogP contribution < -0.4 is 15.4 Å². The molecule has 0 bridgehead atoms. The third kappa shape index (κ3) is 4.36. The standard InChI is InChI=1S/C19H20N4OS/c1-14-7-3-4-8-15(14)13-23-12-11-18(22-23)21-19(25)20-16-9-5-6-10-17(16)24-2/h3-12H,13H2,1-2H3,(H2,20,21,22,25). The van der Waals surface area contributed by atoms with Crippen LogP contribution in [0.2, 0.25) is 0 Å². The minimum atomic E-state index is 0.464. The van der Waals surface area contributed by atoms with Gasteiger partial charge in [-0.1, -0.05) is 36.4 Å². The summed E-state index contributed by atoms with van der Waals surface area (Å²) in [6.07, 6.45) is 1.93. The number of nitrogens with one attached hydrogen (secondary N) is 2. The summed E-state index contributed by atoms with van der Waals surface area (Å²) in [6, 6.07) is 17.8. The number of aromatic nitrogens is 2. The maximum Gasteiger partial charge on any atom is 0.176 e. The number of aryl methyl sites for hydroxylation is 1. The topological polar surface area (TPSA) is 51.1 Å². The van der Waals surface area contributed by atoms with Crippen molar-refractivity contribution in [1.29, 1.82) is 0 Å². The molecule has 25 heavy (non-hydrogen) atoms. The molecule has 0 aliphatic rings. The quantitative estimate of drug-likeness (QED) is 0.678. The van der Waals surface area contributed by atoms with E-state index in [1.54, 1.807) is 7.11 Å². The second kappa shape index (κ2) is 7.81. The minimum Gasteiger partial charge on any atom is -0.495 e. The molecular weight excluding hydrogens is 332 g/mol. The van der Waals surface area contributed by atoms with Crippen molar-refractivity contribution in [2.24, 2.45) is 0 Å². The summed E-state index contributed by atoms with van der Waals surface area (Å²) in [5.74, 6) is 1.43. The molecule has 0 unspecified atom stereocenters. The van der Waals surface area contributed by atoms with Gasteiger partial charge in [0, 0.05) is 12.3 Å². The molecule has 5 nitrogen and oxygen atoms in total. The van der Waals surface area contributed by atoms with Gasteiger partial charge in [-0.3, -0.25) is 4.68 Å². The van der Waals surface area contributed by atoms with Gasteiger partial charge in [0.05, 0.1) is 19.3 Å². The number of para-hydroxylation sites is 2. The Kier molecular flexibility index (Phi) is 5.30. The fraction of sp³-hybridized carbons (Fsp3) is 0.158.